The zero-order valence-corrected chi connectivity index (χ0v) is 15.1. The molecule has 2 aromatic rings. The fraction of sp³-hybridized carbons (Fsp3) is 0.500. The number of hydrogen-bond donors (Lipinski definition) is 1. The molecule has 0 saturated carbocycles. The second-order valence-electron chi connectivity index (χ2n) is 6.40. The first-order chi connectivity index (χ1) is 11.6. The van der Waals surface area contributed by atoms with Crippen LogP contribution in [0.5, 0.6) is 0 Å². The van der Waals surface area contributed by atoms with E-state index in [0.717, 1.165) is 43.1 Å². The van der Waals surface area contributed by atoms with E-state index in [1.165, 1.54) is 10.4 Å². The monoisotopic (exact) mass is 344 g/mol. The summed E-state index contributed by atoms with van der Waals surface area (Å²) < 4.78 is 0. The zero-order chi connectivity index (χ0) is 16.9. The second-order valence-corrected chi connectivity index (χ2v) is 7.69. The Morgan fingerprint density at radius 3 is 2.79 bits per heavy atom. The smallest absolute Gasteiger partial charge is 0.317 e. The maximum Gasteiger partial charge on any atom is 0.317 e. The zero-order valence-electron chi connectivity index (χ0n) is 14.3. The van der Waals surface area contributed by atoms with E-state index >= 15 is 0 Å². The number of thiazole rings is 1. The van der Waals surface area contributed by atoms with Crippen LogP contribution >= 0.6 is 11.3 Å². The van der Waals surface area contributed by atoms with E-state index in [0.29, 0.717) is 12.5 Å². The van der Waals surface area contributed by atoms with Crippen LogP contribution in [0.25, 0.3) is 0 Å². The summed E-state index contributed by atoms with van der Waals surface area (Å²) in [5.74, 6) is 0.641. The fourth-order valence-electron chi connectivity index (χ4n) is 3.07. The third kappa shape index (κ3) is 4.32. The molecule has 5 nitrogen and oxygen atoms in total. The number of likely N-dealkylation sites (tertiary alicyclic amines) is 1. The minimum atomic E-state index is 0.0281. The fourth-order valence-corrected chi connectivity index (χ4v) is 3.94. The summed E-state index contributed by atoms with van der Waals surface area (Å²) in [6.07, 6.45) is 6.91. The molecule has 128 valence electrons. The van der Waals surface area contributed by atoms with Crippen molar-refractivity contribution in [3.8, 4) is 0 Å². The van der Waals surface area contributed by atoms with Gasteiger partial charge in [0.1, 0.15) is 5.01 Å². The predicted octanol–water partition coefficient (Wildman–Crippen LogP) is 3.32. The van der Waals surface area contributed by atoms with E-state index in [9.17, 15) is 4.79 Å². The summed E-state index contributed by atoms with van der Waals surface area (Å²) in [7, 11) is 0. The number of hydrogen-bond acceptors (Lipinski definition) is 4. The van der Waals surface area contributed by atoms with Crippen molar-refractivity contribution in [1.82, 2.24) is 20.2 Å². The van der Waals surface area contributed by atoms with E-state index in [-0.39, 0.29) is 6.03 Å². The molecule has 6 heteroatoms. The maximum absolute atomic E-state index is 12.3. The van der Waals surface area contributed by atoms with Crippen molar-refractivity contribution < 1.29 is 4.79 Å². The largest absolute Gasteiger partial charge is 0.331 e. The summed E-state index contributed by atoms with van der Waals surface area (Å²) in [5, 5.41) is 3.98. The highest BCUT2D eigenvalue weighted by Gasteiger charge is 2.23. The summed E-state index contributed by atoms with van der Waals surface area (Å²) >= 11 is 1.65. The van der Waals surface area contributed by atoms with Crippen molar-refractivity contribution >= 4 is 17.4 Å². The van der Waals surface area contributed by atoms with Crippen LogP contribution in [0, 0.1) is 19.8 Å². The number of pyridine rings is 1. The average Bonchev–Trinajstić information content (AvgIpc) is 2.92. The number of rotatable bonds is 4. The van der Waals surface area contributed by atoms with Crippen molar-refractivity contribution in [3.05, 3.63) is 45.7 Å². The molecule has 0 radical (unpaired) electrons. The van der Waals surface area contributed by atoms with Crippen molar-refractivity contribution in [1.29, 1.82) is 0 Å². The number of nitrogens with zero attached hydrogens (tertiary/aromatic N) is 3. The van der Waals surface area contributed by atoms with Gasteiger partial charge in [-0.2, -0.15) is 0 Å². The average molecular weight is 344 g/mol. The van der Waals surface area contributed by atoms with Gasteiger partial charge in [0.05, 0.1) is 12.2 Å². The molecule has 24 heavy (non-hydrogen) atoms. The summed E-state index contributed by atoms with van der Waals surface area (Å²) in [6, 6.07) is 4.14. The molecule has 0 atom stereocenters. The van der Waals surface area contributed by atoms with Gasteiger partial charge in [-0.3, -0.25) is 4.98 Å². The molecule has 1 saturated heterocycles. The number of nitrogens with one attached hydrogen (secondary N) is 1. The van der Waals surface area contributed by atoms with Gasteiger partial charge in [-0.25, -0.2) is 9.78 Å². The first-order valence-corrected chi connectivity index (χ1v) is 9.28. The van der Waals surface area contributed by atoms with Crippen molar-refractivity contribution in [2.75, 3.05) is 13.1 Å². The molecular weight excluding hydrogens is 320 g/mol. The van der Waals surface area contributed by atoms with Crippen molar-refractivity contribution in [2.45, 2.75) is 39.7 Å². The van der Waals surface area contributed by atoms with Crippen molar-refractivity contribution in [2.24, 2.45) is 5.92 Å². The lowest BCUT2D eigenvalue weighted by atomic mass is 9.91. The predicted molar refractivity (Wildman–Crippen MR) is 96.1 cm³/mol. The molecule has 1 aliphatic rings. The normalized spacial score (nSPS) is 15.5. The van der Waals surface area contributed by atoms with Gasteiger partial charge in [0.15, 0.2) is 0 Å². The Bertz CT molecular complexity index is 658. The van der Waals surface area contributed by atoms with Crippen LogP contribution in [0.3, 0.4) is 0 Å². The van der Waals surface area contributed by atoms with Crippen LogP contribution in [0.1, 0.15) is 34.0 Å². The lowest BCUT2D eigenvalue weighted by Gasteiger charge is -2.32. The number of piperidine rings is 1. The van der Waals surface area contributed by atoms with Crippen molar-refractivity contribution in [3.63, 3.8) is 0 Å². The van der Waals surface area contributed by atoms with Crippen LogP contribution in [0.15, 0.2) is 24.5 Å². The number of amides is 2. The molecule has 2 aromatic heterocycles. The summed E-state index contributed by atoms with van der Waals surface area (Å²) in [5.41, 5.74) is 2.34. The minimum Gasteiger partial charge on any atom is -0.331 e. The van der Waals surface area contributed by atoms with E-state index in [4.69, 9.17) is 0 Å². The number of aryl methyl sites for hydroxylation is 2. The molecule has 1 N–H and O–H groups in total. The lowest BCUT2D eigenvalue weighted by Crippen LogP contribution is -2.44. The SMILES string of the molecule is Cc1nc(CNC(=O)N2CCC(Cc3cccnc3)CC2)sc1C. The van der Waals surface area contributed by atoms with Crippen LogP contribution in [-0.2, 0) is 13.0 Å². The van der Waals surface area contributed by atoms with Gasteiger partial charge in [0, 0.05) is 30.4 Å². The third-order valence-electron chi connectivity index (χ3n) is 4.61. The second kappa shape index (κ2) is 7.75. The molecule has 3 rings (SSSR count). The van der Waals surface area contributed by atoms with Gasteiger partial charge >= 0.3 is 6.03 Å². The van der Waals surface area contributed by atoms with E-state index in [1.807, 2.05) is 30.3 Å². The first-order valence-electron chi connectivity index (χ1n) is 8.46. The highest BCUT2D eigenvalue weighted by atomic mass is 32.1. The highest BCUT2D eigenvalue weighted by molar-refractivity contribution is 7.11. The molecule has 0 bridgehead atoms. The number of carbonyl (C=O) groups is 1. The topological polar surface area (TPSA) is 58.1 Å². The quantitative estimate of drug-likeness (QED) is 0.925. The van der Waals surface area contributed by atoms with E-state index < -0.39 is 0 Å². The van der Waals surface area contributed by atoms with Crippen LogP contribution < -0.4 is 5.32 Å². The Labute approximate surface area is 147 Å². The molecule has 0 aromatic carbocycles. The Morgan fingerprint density at radius 1 is 1.38 bits per heavy atom. The minimum absolute atomic E-state index is 0.0281. The summed E-state index contributed by atoms with van der Waals surface area (Å²) in [4.78, 5) is 24.1. The Hall–Kier alpha value is -1.95. The van der Waals surface area contributed by atoms with Gasteiger partial charge in [-0.15, -0.1) is 11.3 Å². The first kappa shape index (κ1) is 16.9. The highest BCUT2D eigenvalue weighted by Crippen LogP contribution is 2.21. The van der Waals surface area contributed by atoms with Gasteiger partial charge in [-0.05, 0) is 50.7 Å². The van der Waals surface area contributed by atoms with Crippen LogP contribution in [0.2, 0.25) is 0 Å². The van der Waals surface area contributed by atoms with Crippen LogP contribution in [0.4, 0.5) is 4.79 Å². The molecule has 3 heterocycles. The van der Waals surface area contributed by atoms with Crippen LogP contribution in [-0.4, -0.2) is 34.0 Å². The van der Waals surface area contributed by atoms with E-state index in [1.54, 1.807) is 11.3 Å². The van der Waals surface area contributed by atoms with Gasteiger partial charge in [0.2, 0.25) is 0 Å². The molecule has 1 aliphatic heterocycles. The molecule has 0 aliphatic carbocycles. The number of urea groups is 1. The number of aromatic nitrogens is 2. The Balaban J connectivity index is 1.43. The Morgan fingerprint density at radius 2 is 2.17 bits per heavy atom. The molecular formula is C18H24N4OS. The summed E-state index contributed by atoms with van der Waals surface area (Å²) in [6.45, 7) is 6.24. The third-order valence-corrected chi connectivity index (χ3v) is 5.69. The standard InChI is InChI=1S/C18H24N4OS/c1-13-14(2)24-17(21-13)12-20-18(23)22-8-5-15(6-9-22)10-16-4-3-7-19-11-16/h3-4,7,11,15H,5-6,8-10,12H2,1-2H3,(H,20,23). The van der Waals surface area contributed by atoms with Gasteiger partial charge < -0.3 is 10.2 Å². The van der Waals surface area contributed by atoms with Gasteiger partial charge in [-0.1, -0.05) is 6.07 Å². The number of carbonyl (C=O) groups excluding carboxylic acids is 1. The molecule has 0 unspecified atom stereocenters. The Kier molecular flexibility index (Phi) is 5.45. The molecule has 2 amide bonds. The molecule has 0 spiro atoms. The molecule has 1 fully saturated rings. The van der Waals surface area contributed by atoms with E-state index in [2.05, 4.69) is 28.3 Å². The maximum atomic E-state index is 12.3. The van der Waals surface area contributed by atoms with Gasteiger partial charge in [0.25, 0.3) is 0 Å². The lowest BCUT2D eigenvalue weighted by molar-refractivity contribution is 0.170.